The van der Waals surface area contributed by atoms with Gasteiger partial charge in [0.1, 0.15) is 6.04 Å². The molecule has 0 aromatic heterocycles. The number of carbonyl (C=O) groups excluding carboxylic acids is 2. The lowest BCUT2D eigenvalue weighted by molar-refractivity contribution is -0.142. The molecule has 7 heteroatoms. The number of nitrogens with one attached hydrogen (secondary N) is 2. The molecule has 0 bridgehead atoms. The summed E-state index contributed by atoms with van der Waals surface area (Å²) in [6, 6.07) is -1.44. The Kier molecular flexibility index (Phi) is 5.41. The minimum Gasteiger partial charge on any atom is -0.480 e. The summed E-state index contributed by atoms with van der Waals surface area (Å²) >= 11 is 0. The minimum absolute atomic E-state index is 0.0140. The van der Waals surface area contributed by atoms with Crippen molar-refractivity contribution in [3.8, 4) is 0 Å². The third-order valence-corrected chi connectivity index (χ3v) is 2.91. The van der Waals surface area contributed by atoms with Gasteiger partial charge in [0.15, 0.2) is 0 Å². The zero-order valence-electron chi connectivity index (χ0n) is 10.3. The lowest BCUT2D eigenvalue weighted by Gasteiger charge is -2.27. The molecule has 1 fully saturated rings. The normalized spacial score (nSPS) is 16.3. The third-order valence-electron chi connectivity index (χ3n) is 2.91. The van der Waals surface area contributed by atoms with E-state index in [4.69, 9.17) is 5.11 Å². The number of ether oxygens (including phenoxy) is 1. The van der Waals surface area contributed by atoms with Gasteiger partial charge in [-0.1, -0.05) is 0 Å². The number of aliphatic carboxylic acids is 1. The first-order valence-corrected chi connectivity index (χ1v) is 5.89. The van der Waals surface area contributed by atoms with E-state index in [0.717, 1.165) is 19.3 Å². The van der Waals surface area contributed by atoms with E-state index in [-0.39, 0.29) is 18.9 Å². The Hall–Kier alpha value is -1.79. The number of rotatable bonds is 6. The van der Waals surface area contributed by atoms with Crippen LogP contribution in [0.3, 0.4) is 0 Å². The monoisotopic (exact) mass is 258 g/mol. The molecule has 0 heterocycles. The van der Waals surface area contributed by atoms with E-state index in [1.165, 1.54) is 7.11 Å². The summed E-state index contributed by atoms with van der Waals surface area (Å²) < 4.78 is 4.42. The Balaban J connectivity index is 2.33. The van der Waals surface area contributed by atoms with Crippen LogP contribution in [0.15, 0.2) is 0 Å². The van der Waals surface area contributed by atoms with Crippen LogP contribution < -0.4 is 10.6 Å². The molecule has 102 valence electrons. The topological polar surface area (TPSA) is 105 Å². The van der Waals surface area contributed by atoms with Crippen LogP contribution in [0.2, 0.25) is 0 Å². The maximum atomic E-state index is 11.5. The predicted molar refractivity (Wildman–Crippen MR) is 62.0 cm³/mol. The van der Waals surface area contributed by atoms with E-state index < -0.39 is 24.0 Å². The lowest BCUT2D eigenvalue weighted by atomic mass is 9.93. The molecule has 2 amide bonds. The van der Waals surface area contributed by atoms with Gasteiger partial charge in [0.05, 0.1) is 7.11 Å². The van der Waals surface area contributed by atoms with Crippen LogP contribution in [0.4, 0.5) is 4.79 Å². The van der Waals surface area contributed by atoms with Gasteiger partial charge in [-0.05, 0) is 25.7 Å². The summed E-state index contributed by atoms with van der Waals surface area (Å²) in [6.45, 7) is 0. The standard InChI is InChI=1S/C11H18N2O5/c1-18-9(14)6-5-8(10(15)16)13-11(17)12-7-3-2-4-7/h7-8H,2-6H2,1H3,(H,15,16)(H2,12,13,17). The zero-order valence-corrected chi connectivity index (χ0v) is 10.3. The number of esters is 1. The van der Waals surface area contributed by atoms with E-state index in [0.29, 0.717) is 0 Å². The van der Waals surface area contributed by atoms with E-state index in [1.807, 2.05) is 0 Å². The summed E-state index contributed by atoms with van der Waals surface area (Å²) in [4.78, 5) is 33.3. The van der Waals surface area contributed by atoms with Crippen molar-refractivity contribution in [1.29, 1.82) is 0 Å². The van der Waals surface area contributed by atoms with Crippen LogP contribution in [0.25, 0.3) is 0 Å². The fraction of sp³-hybridized carbons (Fsp3) is 0.727. The molecule has 18 heavy (non-hydrogen) atoms. The molecule has 1 unspecified atom stereocenters. The van der Waals surface area contributed by atoms with Crippen molar-refractivity contribution in [2.24, 2.45) is 0 Å². The predicted octanol–water partition coefficient (Wildman–Crippen LogP) is 0.245. The highest BCUT2D eigenvalue weighted by molar-refractivity contribution is 5.83. The van der Waals surface area contributed by atoms with Crippen LogP contribution in [0.1, 0.15) is 32.1 Å². The van der Waals surface area contributed by atoms with E-state index in [1.54, 1.807) is 0 Å². The minimum atomic E-state index is -1.16. The Bertz CT molecular complexity index is 327. The van der Waals surface area contributed by atoms with E-state index in [9.17, 15) is 14.4 Å². The van der Waals surface area contributed by atoms with Crippen LogP contribution in [-0.4, -0.2) is 42.3 Å². The molecule has 0 aromatic carbocycles. The fourth-order valence-corrected chi connectivity index (χ4v) is 1.56. The average molecular weight is 258 g/mol. The van der Waals surface area contributed by atoms with Gasteiger partial charge < -0.3 is 20.5 Å². The number of hydrogen-bond donors (Lipinski definition) is 3. The maximum absolute atomic E-state index is 11.5. The van der Waals surface area contributed by atoms with Gasteiger partial charge >= 0.3 is 18.0 Å². The van der Waals surface area contributed by atoms with Gasteiger partial charge in [-0.25, -0.2) is 9.59 Å². The van der Waals surface area contributed by atoms with Gasteiger partial charge in [-0.15, -0.1) is 0 Å². The molecule has 1 aliphatic rings. The molecule has 7 nitrogen and oxygen atoms in total. The third kappa shape index (κ3) is 4.60. The summed E-state index contributed by atoms with van der Waals surface area (Å²) in [5.41, 5.74) is 0. The number of urea groups is 1. The number of carboxylic acid groups (broad SMARTS) is 1. The highest BCUT2D eigenvalue weighted by atomic mass is 16.5. The molecule has 1 rings (SSSR count). The zero-order chi connectivity index (χ0) is 13.5. The van der Waals surface area contributed by atoms with E-state index in [2.05, 4.69) is 15.4 Å². The quantitative estimate of drug-likeness (QED) is 0.592. The molecule has 0 aromatic rings. The number of carbonyl (C=O) groups is 3. The molecular weight excluding hydrogens is 240 g/mol. The molecule has 0 saturated heterocycles. The highest BCUT2D eigenvalue weighted by Gasteiger charge is 2.24. The summed E-state index contributed by atoms with van der Waals surface area (Å²) in [5, 5.41) is 13.9. The van der Waals surface area contributed by atoms with Gasteiger partial charge in [0.25, 0.3) is 0 Å². The smallest absolute Gasteiger partial charge is 0.326 e. The van der Waals surface area contributed by atoms with Crippen molar-refractivity contribution >= 4 is 18.0 Å². The number of hydrogen-bond acceptors (Lipinski definition) is 4. The Morgan fingerprint density at radius 1 is 1.39 bits per heavy atom. The van der Waals surface area contributed by atoms with Crippen molar-refractivity contribution in [3.05, 3.63) is 0 Å². The number of methoxy groups -OCH3 is 1. The highest BCUT2D eigenvalue weighted by Crippen LogP contribution is 2.17. The Morgan fingerprint density at radius 3 is 2.50 bits per heavy atom. The number of amides is 2. The van der Waals surface area contributed by atoms with Crippen LogP contribution in [-0.2, 0) is 14.3 Å². The van der Waals surface area contributed by atoms with Crippen molar-refractivity contribution in [2.75, 3.05) is 7.11 Å². The first-order valence-electron chi connectivity index (χ1n) is 5.89. The maximum Gasteiger partial charge on any atom is 0.326 e. The molecule has 1 saturated carbocycles. The fourth-order valence-electron chi connectivity index (χ4n) is 1.56. The van der Waals surface area contributed by atoms with Crippen molar-refractivity contribution < 1.29 is 24.2 Å². The van der Waals surface area contributed by atoms with Crippen LogP contribution in [0.5, 0.6) is 0 Å². The van der Waals surface area contributed by atoms with E-state index >= 15 is 0 Å². The van der Waals surface area contributed by atoms with Gasteiger partial charge in [0.2, 0.25) is 0 Å². The second-order valence-corrected chi connectivity index (χ2v) is 4.25. The van der Waals surface area contributed by atoms with Crippen molar-refractivity contribution in [1.82, 2.24) is 10.6 Å². The van der Waals surface area contributed by atoms with Crippen molar-refractivity contribution in [2.45, 2.75) is 44.2 Å². The molecule has 0 aliphatic heterocycles. The van der Waals surface area contributed by atoms with Gasteiger partial charge in [0, 0.05) is 12.5 Å². The first kappa shape index (κ1) is 14.3. The van der Waals surface area contributed by atoms with Crippen LogP contribution in [0, 0.1) is 0 Å². The molecule has 3 N–H and O–H groups in total. The molecule has 1 atom stereocenters. The van der Waals surface area contributed by atoms with Crippen LogP contribution >= 0.6 is 0 Å². The van der Waals surface area contributed by atoms with Gasteiger partial charge in [-0.3, -0.25) is 4.79 Å². The molecule has 0 spiro atoms. The number of carboxylic acids is 1. The second kappa shape index (κ2) is 6.83. The average Bonchev–Trinajstić information content (AvgIpc) is 2.28. The second-order valence-electron chi connectivity index (χ2n) is 4.25. The summed E-state index contributed by atoms with van der Waals surface area (Å²) in [5.74, 6) is -1.66. The lowest BCUT2D eigenvalue weighted by Crippen LogP contribution is -2.50. The molecule has 0 radical (unpaired) electrons. The largest absolute Gasteiger partial charge is 0.480 e. The molecule has 1 aliphatic carbocycles. The van der Waals surface area contributed by atoms with Crippen molar-refractivity contribution in [3.63, 3.8) is 0 Å². The molecular formula is C11H18N2O5. The van der Waals surface area contributed by atoms with Gasteiger partial charge in [-0.2, -0.15) is 0 Å². The first-order chi connectivity index (χ1) is 8.52. The summed E-state index contributed by atoms with van der Waals surface area (Å²) in [7, 11) is 1.23. The Labute approximate surface area is 105 Å². The summed E-state index contributed by atoms with van der Waals surface area (Å²) in [6.07, 6.45) is 2.90. The SMILES string of the molecule is COC(=O)CCC(NC(=O)NC1CCC1)C(=O)O. The Morgan fingerprint density at radius 2 is 2.06 bits per heavy atom.